The third kappa shape index (κ3) is 5.58. The number of ether oxygens (including phenoxy) is 2. The summed E-state index contributed by atoms with van der Waals surface area (Å²) in [5.74, 6) is -1.24. The second-order valence-corrected chi connectivity index (χ2v) is 8.35. The molecule has 0 fully saturated rings. The Kier molecular flexibility index (Phi) is 8.54. The van der Waals surface area contributed by atoms with Gasteiger partial charge < -0.3 is 14.4 Å². The molecular formula is C20H35NO5. The van der Waals surface area contributed by atoms with E-state index in [0.29, 0.717) is 5.57 Å². The predicted molar refractivity (Wildman–Crippen MR) is 101 cm³/mol. The molecule has 0 aliphatic rings. The first-order chi connectivity index (χ1) is 11.7. The maximum atomic E-state index is 12.7. The van der Waals surface area contributed by atoms with Crippen molar-refractivity contribution in [2.75, 3.05) is 27.3 Å². The fourth-order valence-electron chi connectivity index (χ4n) is 2.93. The summed E-state index contributed by atoms with van der Waals surface area (Å²) in [5, 5.41) is 0. The number of esters is 2. The molecule has 0 rings (SSSR count). The van der Waals surface area contributed by atoms with Gasteiger partial charge in [0.25, 0.3) is 0 Å². The van der Waals surface area contributed by atoms with E-state index >= 15 is 0 Å². The molecule has 0 aromatic rings. The van der Waals surface area contributed by atoms with Crippen LogP contribution in [0.4, 0.5) is 0 Å². The summed E-state index contributed by atoms with van der Waals surface area (Å²) >= 11 is 0. The monoisotopic (exact) mass is 369 g/mol. The quantitative estimate of drug-likeness (QED) is 0.355. The Morgan fingerprint density at radius 2 is 1.46 bits per heavy atom. The highest BCUT2D eigenvalue weighted by atomic mass is 16.6. The largest absolute Gasteiger partial charge is 0.462 e. The van der Waals surface area contributed by atoms with E-state index in [2.05, 4.69) is 6.58 Å². The van der Waals surface area contributed by atoms with Gasteiger partial charge in [-0.05, 0) is 32.1 Å². The van der Waals surface area contributed by atoms with Crippen molar-refractivity contribution in [3.8, 4) is 0 Å². The molecule has 6 nitrogen and oxygen atoms in total. The van der Waals surface area contributed by atoms with Gasteiger partial charge in [0.05, 0.1) is 5.41 Å². The summed E-state index contributed by atoms with van der Waals surface area (Å²) in [7, 11) is 3.43. The molecule has 0 saturated heterocycles. The van der Waals surface area contributed by atoms with E-state index < -0.39 is 22.8 Å². The molecule has 6 heteroatoms. The lowest BCUT2D eigenvalue weighted by Crippen LogP contribution is -2.52. The predicted octanol–water partition coefficient (Wildman–Crippen LogP) is 3.06. The smallest absolute Gasteiger partial charge is 0.333 e. The first-order valence-corrected chi connectivity index (χ1v) is 8.88. The molecule has 1 atom stereocenters. The first-order valence-electron chi connectivity index (χ1n) is 8.88. The van der Waals surface area contributed by atoms with Crippen LogP contribution in [0.5, 0.6) is 0 Å². The molecule has 0 aromatic heterocycles. The van der Waals surface area contributed by atoms with Crippen LogP contribution in [0.25, 0.3) is 0 Å². The standard InChI is InChI=1S/C20H35NO5/c1-13(2)15(16(22)21(9)10)19(5,6)20(7,8)18(24)26-12-11-25-17(23)14(3)4/h13,15H,3,11-12H2,1-2,4-10H3. The van der Waals surface area contributed by atoms with Gasteiger partial charge in [-0.25, -0.2) is 4.79 Å². The molecule has 0 radical (unpaired) electrons. The third-order valence-corrected chi connectivity index (χ3v) is 5.17. The second-order valence-electron chi connectivity index (χ2n) is 8.35. The molecule has 0 aliphatic heterocycles. The zero-order valence-corrected chi connectivity index (χ0v) is 17.8. The van der Waals surface area contributed by atoms with E-state index in [9.17, 15) is 14.4 Å². The lowest BCUT2D eigenvalue weighted by molar-refractivity contribution is -0.170. The maximum Gasteiger partial charge on any atom is 0.333 e. The van der Waals surface area contributed by atoms with Crippen molar-refractivity contribution in [2.24, 2.45) is 22.7 Å². The zero-order chi connectivity index (χ0) is 20.9. The Morgan fingerprint density at radius 1 is 1.00 bits per heavy atom. The van der Waals surface area contributed by atoms with Gasteiger partial charge in [0.2, 0.25) is 5.91 Å². The minimum absolute atomic E-state index is 0.0127. The van der Waals surface area contributed by atoms with Gasteiger partial charge >= 0.3 is 11.9 Å². The van der Waals surface area contributed by atoms with Crippen molar-refractivity contribution in [2.45, 2.75) is 48.5 Å². The number of hydrogen-bond acceptors (Lipinski definition) is 5. The van der Waals surface area contributed by atoms with Crippen LogP contribution in [0.1, 0.15) is 48.5 Å². The van der Waals surface area contributed by atoms with E-state index in [1.54, 1.807) is 39.8 Å². The van der Waals surface area contributed by atoms with Crippen molar-refractivity contribution in [1.29, 1.82) is 0 Å². The summed E-state index contributed by atoms with van der Waals surface area (Å²) in [6.07, 6.45) is 0. The van der Waals surface area contributed by atoms with Crippen LogP contribution in [-0.2, 0) is 23.9 Å². The Labute approximate surface area is 157 Å². The molecule has 26 heavy (non-hydrogen) atoms. The Morgan fingerprint density at radius 3 is 1.85 bits per heavy atom. The van der Waals surface area contributed by atoms with Gasteiger partial charge in [0.15, 0.2) is 0 Å². The number of hydrogen-bond donors (Lipinski definition) is 0. The minimum atomic E-state index is -0.911. The highest BCUT2D eigenvalue weighted by molar-refractivity contribution is 5.87. The van der Waals surface area contributed by atoms with Crippen LogP contribution in [0.2, 0.25) is 0 Å². The van der Waals surface area contributed by atoms with Gasteiger partial charge in [0, 0.05) is 25.6 Å². The molecule has 150 valence electrons. The molecular weight excluding hydrogens is 334 g/mol. The van der Waals surface area contributed by atoms with Gasteiger partial charge in [-0.15, -0.1) is 0 Å². The Hall–Kier alpha value is -1.85. The first kappa shape index (κ1) is 24.1. The van der Waals surface area contributed by atoms with Gasteiger partial charge in [0.1, 0.15) is 13.2 Å². The number of rotatable bonds is 9. The van der Waals surface area contributed by atoms with Crippen molar-refractivity contribution in [1.82, 2.24) is 4.90 Å². The van der Waals surface area contributed by atoms with Crippen LogP contribution in [0, 0.1) is 22.7 Å². The summed E-state index contributed by atoms with van der Waals surface area (Å²) in [4.78, 5) is 38.3. The van der Waals surface area contributed by atoms with Crippen LogP contribution >= 0.6 is 0 Å². The molecule has 0 aromatic carbocycles. The highest BCUT2D eigenvalue weighted by Gasteiger charge is 2.52. The summed E-state index contributed by atoms with van der Waals surface area (Å²) in [6.45, 7) is 16.3. The van der Waals surface area contributed by atoms with Crippen LogP contribution in [0.3, 0.4) is 0 Å². The molecule has 0 aliphatic carbocycles. The van der Waals surface area contributed by atoms with Gasteiger partial charge in [-0.3, -0.25) is 9.59 Å². The summed E-state index contributed by atoms with van der Waals surface area (Å²) < 4.78 is 10.3. The van der Waals surface area contributed by atoms with Crippen LogP contribution < -0.4 is 0 Å². The number of carbonyl (C=O) groups excluding carboxylic acids is 3. The second kappa shape index (κ2) is 9.19. The molecule has 0 heterocycles. The molecule has 1 unspecified atom stereocenters. The van der Waals surface area contributed by atoms with Crippen LogP contribution in [0.15, 0.2) is 12.2 Å². The van der Waals surface area contributed by atoms with Crippen molar-refractivity contribution >= 4 is 17.8 Å². The van der Waals surface area contributed by atoms with Crippen molar-refractivity contribution in [3.05, 3.63) is 12.2 Å². The van der Waals surface area contributed by atoms with Crippen molar-refractivity contribution in [3.63, 3.8) is 0 Å². The van der Waals surface area contributed by atoms with E-state index in [1.165, 1.54) is 0 Å². The molecule has 0 N–H and O–H groups in total. The highest BCUT2D eigenvalue weighted by Crippen LogP contribution is 2.48. The Balaban J connectivity index is 5.18. The van der Waals surface area contributed by atoms with E-state index in [4.69, 9.17) is 9.47 Å². The summed E-state index contributed by atoms with van der Waals surface area (Å²) in [5.41, 5.74) is -1.26. The molecule has 0 saturated carbocycles. The van der Waals surface area contributed by atoms with Gasteiger partial charge in [-0.1, -0.05) is 34.3 Å². The summed E-state index contributed by atoms with van der Waals surface area (Å²) in [6, 6.07) is 0. The Bertz CT molecular complexity index is 546. The molecule has 1 amide bonds. The number of amides is 1. The number of carbonyl (C=O) groups is 3. The van der Waals surface area contributed by atoms with E-state index in [1.807, 2.05) is 27.7 Å². The number of nitrogens with zero attached hydrogens (tertiary/aromatic N) is 1. The van der Waals surface area contributed by atoms with E-state index in [-0.39, 0.29) is 31.0 Å². The lowest BCUT2D eigenvalue weighted by atomic mass is 9.58. The third-order valence-electron chi connectivity index (χ3n) is 5.17. The molecule has 0 spiro atoms. The fraction of sp³-hybridized carbons (Fsp3) is 0.750. The lowest BCUT2D eigenvalue weighted by Gasteiger charge is -2.46. The van der Waals surface area contributed by atoms with Gasteiger partial charge in [-0.2, -0.15) is 0 Å². The fourth-order valence-corrected chi connectivity index (χ4v) is 2.93. The zero-order valence-electron chi connectivity index (χ0n) is 17.8. The van der Waals surface area contributed by atoms with E-state index in [0.717, 1.165) is 0 Å². The SMILES string of the molecule is C=C(C)C(=O)OCCOC(=O)C(C)(C)C(C)(C)C(C(=O)N(C)C)C(C)C. The average molecular weight is 370 g/mol. The molecule has 0 bridgehead atoms. The van der Waals surface area contributed by atoms with Crippen LogP contribution in [-0.4, -0.2) is 50.1 Å². The maximum absolute atomic E-state index is 12.7. The average Bonchev–Trinajstić information content (AvgIpc) is 2.49. The normalized spacial score (nSPS) is 13.2. The minimum Gasteiger partial charge on any atom is -0.462 e. The topological polar surface area (TPSA) is 72.9 Å². The van der Waals surface area contributed by atoms with Crippen molar-refractivity contribution < 1.29 is 23.9 Å².